The molecule has 0 spiro atoms. The molecule has 2 fully saturated rings. The van der Waals surface area contributed by atoms with Gasteiger partial charge in [0.1, 0.15) is 12.4 Å². The number of aliphatic carboxylic acids is 1. The molecule has 0 saturated heterocycles. The predicted molar refractivity (Wildman–Crippen MR) is 132 cm³/mol. The number of nitrogens with zero attached hydrogens (tertiary/aromatic N) is 1. The Kier molecular flexibility index (Phi) is 11.0. The second kappa shape index (κ2) is 14.2. The van der Waals surface area contributed by atoms with E-state index in [9.17, 15) is 14.7 Å². The quantitative estimate of drug-likeness (QED) is 0.444. The zero-order valence-electron chi connectivity index (χ0n) is 20.7. The Morgan fingerprint density at radius 3 is 2.29 bits per heavy atom. The molecule has 34 heavy (non-hydrogen) atoms. The number of urea groups is 1. The first-order valence-electron chi connectivity index (χ1n) is 13.2. The average Bonchev–Trinajstić information content (AvgIpc) is 2.85. The molecule has 2 saturated carbocycles. The number of carbonyl (C=O) groups excluding carboxylic acids is 1. The van der Waals surface area contributed by atoms with E-state index in [0.717, 1.165) is 30.7 Å². The summed E-state index contributed by atoms with van der Waals surface area (Å²) in [6.45, 7) is 3.95. The van der Waals surface area contributed by atoms with Gasteiger partial charge in [-0.15, -0.1) is 0 Å². The van der Waals surface area contributed by atoms with E-state index in [1.54, 1.807) is 6.92 Å². The van der Waals surface area contributed by atoms with Gasteiger partial charge in [0, 0.05) is 25.6 Å². The number of carboxylic acid groups (broad SMARTS) is 1. The normalized spacial score (nSPS) is 18.3. The third-order valence-corrected chi connectivity index (χ3v) is 7.04. The maximum Gasteiger partial charge on any atom is 0.333 e. The first kappa shape index (κ1) is 26.3. The maximum absolute atomic E-state index is 13.1. The van der Waals surface area contributed by atoms with Gasteiger partial charge < -0.3 is 24.8 Å². The molecule has 1 aromatic rings. The first-order chi connectivity index (χ1) is 16.5. The SMILES string of the molecule is CCOC(Cc1ccc(OCCN(CC2CCCCC2)C(=O)NC2CCCCC2)cc1)C(=O)O. The second-order valence-electron chi connectivity index (χ2n) is 9.71. The Labute approximate surface area is 204 Å². The smallest absolute Gasteiger partial charge is 0.333 e. The lowest BCUT2D eigenvalue weighted by Gasteiger charge is -2.32. The molecule has 0 aromatic heterocycles. The highest BCUT2D eigenvalue weighted by Crippen LogP contribution is 2.25. The largest absolute Gasteiger partial charge is 0.492 e. The third kappa shape index (κ3) is 8.82. The van der Waals surface area contributed by atoms with Crippen LogP contribution in [0.1, 0.15) is 76.7 Å². The van der Waals surface area contributed by atoms with Crippen LogP contribution in [0.5, 0.6) is 5.75 Å². The molecule has 2 amide bonds. The molecule has 3 rings (SSSR count). The minimum atomic E-state index is -0.952. The van der Waals surface area contributed by atoms with Gasteiger partial charge in [-0.25, -0.2) is 9.59 Å². The number of benzene rings is 1. The van der Waals surface area contributed by atoms with Crippen molar-refractivity contribution in [3.05, 3.63) is 29.8 Å². The van der Waals surface area contributed by atoms with E-state index in [1.165, 1.54) is 51.4 Å². The molecule has 1 atom stereocenters. The van der Waals surface area contributed by atoms with Crippen molar-refractivity contribution in [2.24, 2.45) is 5.92 Å². The van der Waals surface area contributed by atoms with Gasteiger partial charge in [-0.1, -0.05) is 50.7 Å². The molecule has 1 aromatic carbocycles. The van der Waals surface area contributed by atoms with Crippen LogP contribution in [-0.2, 0) is 16.0 Å². The summed E-state index contributed by atoms with van der Waals surface area (Å²) in [6, 6.07) is 7.81. The van der Waals surface area contributed by atoms with Crippen molar-refractivity contribution in [3.63, 3.8) is 0 Å². The van der Waals surface area contributed by atoms with Crippen LogP contribution in [0.25, 0.3) is 0 Å². The first-order valence-corrected chi connectivity index (χ1v) is 13.2. The Morgan fingerprint density at radius 1 is 1.03 bits per heavy atom. The van der Waals surface area contributed by atoms with Crippen molar-refractivity contribution in [2.45, 2.75) is 89.7 Å². The van der Waals surface area contributed by atoms with Gasteiger partial charge in [-0.05, 0) is 56.2 Å². The summed E-state index contributed by atoms with van der Waals surface area (Å²) in [5, 5.41) is 12.5. The molecular weight excluding hydrogens is 432 g/mol. The van der Waals surface area contributed by atoms with E-state index in [1.807, 2.05) is 29.2 Å². The topological polar surface area (TPSA) is 88.1 Å². The number of carboxylic acids is 1. The summed E-state index contributed by atoms with van der Waals surface area (Å²) < 4.78 is 11.2. The minimum Gasteiger partial charge on any atom is -0.492 e. The van der Waals surface area contributed by atoms with E-state index in [-0.39, 0.29) is 6.03 Å². The molecule has 7 nitrogen and oxygen atoms in total. The summed E-state index contributed by atoms with van der Waals surface area (Å²) in [6.07, 6.45) is 11.5. The number of rotatable bonds is 12. The molecule has 2 aliphatic carbocycles. The summed E-state index contributed by atoms with van der Waals surface area (Å²) in [7, 11) is 0. The van der Waals surface area contributed by atoms with E-state index < -0.39 is 12.1 Å². The Morgan fingerprint density at radius 2 is 1.68 bits per heavy atom. The molecule has 0 aliphatic heterocycles. The van der Waals surface area contributed by atoms with Crippen molar-refractivity contribution in [3.8, 4) is 5.75 Å². The highest BCUT2D eigenvalue weighted by Gasteiger charge is 2.24. The lowest BCUT2D eigenvalue weighted by molar-refractivity contribution is -0.149. The molecule has 1 unspecified atom stereocenters. The average molecular weight is 475 g/mol. The lowest BCUT2D eigenvalue weighted by Crippen LogP contribution is -2.48. The van der Waals surface area contributed by atoms with Crippen LogP contribution in [0.3, 0.4) is 0 Å². The number of hydrogen-bond acceptors (Lipinski definition) is 4. The van der Waals surface area contributed by atoms with Gasteiger partial charge in [-0.3, -0.25) is 0 Å². The number of hydrogen-bond donors (Lipinski definition) is 2. The molecule has 0 radical (unpaired) electrons. The van der Waals surface area contributed by atoms with Gasteiger partial charge in [0.15, 0.2) is 6.10 Å². The molecule has 2 N–H and O–H groups in total. The molecular formula is C27H42N2O5. The fourth-order valence-corrected chi connectivity index (χ4v) is 5.10. The maximum atomic E-state index is 13.1. The number of carbonyl (C=O) groups is 2. The van der Waals surface area contributed by atoms with Crippen molar-refractivity contribution < 1.29 is 24.2 Å². The fraction of sp³-hybridized carbons (Fsp3) is 0.704. The van der Waals surface area contributed by atoms with Crippen molar-refractivity contribution in [1.29, 1.82) is 0 Å². The zero-order chi connectivity index (χ0) is 24.2. The van der Waals surface area contributed by atoms with E-state index in [2.05, 4.69) is 5.32 Å². The molecule has 7 heteroatoms. The zero-order valence-corrected chi connectivity index (χ0v) is 20.7. The second-order valence-corrected chi connectivity index (χ2v) is 9.71. The van der Waals surface area contributed by atoms with Crippen molar-refractivity contribution in [1.82, 2.24) is 10.2 Å². The Balaban J connectivity index is 1.50. The summed E-state index contributed by atoms with van der Waals surface area (Å²) in [4.78, 5) is 26.3. The van der Waals surface area contributed by atoms with Crippen LogP contribution in [0, 0.1) is 5.92 Å². The Hall–Kier alpha value is -2.28. The van der Waals surface area contributed by atoms with Gasteiger partial charge in [0.05, 0.1) is 6.54 Å². The van der Waals surface area contributed by atoms with Crippen LogP contribution in [-0.4, -0.2) is 60.5 Å². The number of ether oxygens (including phenoxy) is 2. The van der Waals surface area contributed by atoms with Gasteiger partial charge in [0.2, 0.25) is 0 Å². The molecule has 2 aliphatic rings. The highest BCUT2D eigenvalue weighted by atomic mass is 16.5. The van der Waals surface area contributed by atoms with Gasteiger partial charge >= 0.3 is 12.0 Å². The molecule has 0 heterocycles. The van der Waals surface area contributed by atoms with Crippen LogP contribution in [0.15, 0.2) is 24.3 Å². The molecule has 0 bridgehead atoms. The Bertz CT molecular complexity index is 742. The standard InChI is InChI=1S/C27H42N2O5/c1-2-33-25(26(30)31)19-21-13-15-24(16-14-21)34-18-17-29(20-22-9-5-3-6-10-22)27(32)28-23-11-7-4-8-12-23/h13-16,22-23,25H,2-12,17-20H2,1H3,(H,28,32)(H,30,31). The van der Waals surface area contributed by atoms with Crippen LogP contribution in [0.2, 0.25) is 0 Å². The summed E-state index contributed by atoms with van der Waals surface area (Å²) >= 11 is 0. The van der Waals surface area contributed by atoms with Crippen LogP contribution in [0.4, 0.5) is 4.79 Å². The van der Waals surface area contributed by atoms with Gasteiger partial charge in [0.25, 0.3) is 0 Å². The van der Waals surface area contributed by atoms with E-state index in [4.69, 9.17) is 9.47 Å². The number of nitrogens with one attached hydrogen (secondary N) is 1. The minimum absolute atomic E-state index is 0.0482. The van der Waals surface area contributed by atoms with Crippen LogP contribution < -0.4 is 10.1 Å². The fourth-order valence-electron chi connectivity index (χ4n) is 5.10. The third-order valence-electron chi connectivity index (χ3n) is 7.04. The summed E-state index contributed by atoms with van der Waals surface area (Å²) in [5.74, 6) is 0.349. The van der Waals surface area contributed by atoms with E-state index in [0.29, 0.717) is 38.1 Å². The van der Waals surface area contributed by atoms with Gasteiger partial charge in [-0.2, -0.15) is 0 Å². The van der Waals surface area contributed by atoms with E-state index >= 15 is 0 Å². The monoisotopic (exact) mass is 474 g/mol. The van der Waals surface area contributed by atoms with Crippen LogP contribution >= 0.6 is 0 Å². The number of amides is 2. The van der Waals surface area contributed by atoms with Crippen molar-refractivity contribution in [2.75, 3.05) is 26.3 Å². The van der Waals surface area contributed by atoms with Crippen molar-refractivity contribution >= 4 is 12.0 Å². The molecule has 190 valence electrons. The predicted octanol–water partition coefficient (Wildman–Crippen LogP) is 5.02. The summed E-state index contributed by atoms with van der Waals surface area (Å²) in [5.41, 5.74) is 0.888. The highest BCUT2D eigenvalue weighted by molar-refractivity contribution is 5.74. The lowest BCUT2D eigenvalue weighted by atomic mass is 9.89.